The molecule has 6 rings (SSSR count). The predicted molar refractivity (Wildman–Crippen MR) is 223 cm³/mol. The molecule has 1 aliphatic rings. The highest BCUT2D eigenvalue weighted by atomic mass is 32.2. The highest BCUT2D eigenvalue weighted by Crippen LogP contribution is 2.40. The molecule has 0 bridgehead atoms. The van der Waals surface area contributed by atoms with Gasteiger partial charge in [-0.25, -0.2) is 4.79 Å². The van der Waals surface area contributed by atoms with Gasteiger partial charge in [0.25, 0.3) is 0 Å². The number of carbonyl (C=O) groups is 3. The molecule has 57 heavy (non-hydrogen) atoms. The van der Waals surface area contributed by atoms with Crippen molar-refractivity contribution >= 4 is 40.9 Å². The number of aliphatic hydroxyl groups excluding tert-OH is 1. The third-order valence-electron chi connectivity index (χ3n) is 9.88. The van der Waals surface area contributed by atoms with E-state index < -0.39 is 12.3 Å². The van der Waals surface area contributed by atoms with Crippen LogP contribution >= 0.6 is 11.8 Å². The average molecular weight is 788 g/mol. The lowest BCUT2D eigenvalue weighted by atomic mass is 9.99. The number of aliphatic hydroxyl groups is 1. The predicted octanol–water partition coefficient (Wildman–Crippen LogP) is 9.06. The van der Waals surface area contributed by atoms with E-state index in [4.69, 9.17) is 15.2 Å². The summed E-state index contributed by atoms with van der Waals surface area (Å²) in [5.74, 6) is -0.349. The lowest BCUT2D eigenvalue weighted by Crippen LogP contribution is -2.31. The average Bonchev–Trinajstić information content (AvgIpc) is 3.24. The van der Waals surface area contributed by atoms with Crippen LogP contribution in [0.1, 0.15) is 90.0 Å². The Hall–Kier alpha value is -5.46. The number of nitrogens with two attached hydrogens (primary N) is 1. The summed E-state index contributed by atoms with van der Waals surface area (Å²) in [7, 11) is 0. The molecule has 1 heterocycles. The number of ether oxygens (including phenoxy) is 2. The summed E-state index contributed by atoms with van der Waals surface area (Å²) in [5, 5.41) is 24.7. The van der Waals surface area contributed by atoms with E-state index in [2.05, 4.69) is 16.7 Å². The zero-order chi connectivity index (χ0) is 40.0. The maximum Gasteiger partial charge on any atom is 0.335 e. The minimum atomic E-state index is -0.953. The number of aromatic carboxylic acids is 1. The van der Waals surface area contributed by atoms with Crippen molar-refractivity contribution < 1.29 is 34.1 Å². The minimum absolute atomic E-state index is 0.00461. The van der Waals surface area contributed by atoms with Crippen LogP contribution in [0, 0.1) is 0 Å². The molecule has 0 unspecified atom stereocenters. The van der Waals surface area contributed by atoms with Crippen LogP contribution in [0.5, 0.6) is 0 Å². The number of carbonyl (C=O) groups excluding carboxylic acids is 2. The van der Waals surface area contributed by atoms with E-state index in [0.29, 0.717) is 42.9 Å². The van der Waals surface area contributed by atoms with Crippen LogP contribution in [0.4, 0.5) is 11.4 Å². The van der Waals surface area contributed by atoms with Gasteiger partial charge in [0.15, 0.2) is 6.29 Å². The third-order valence-corrected chi connectivity index (χ3v) is 11.0. The molecular formula is C46H49N3O7S. The van der Waals surface area contributed by atoms with Gasteiger partial charge < -0.3 is 36.1 Å². The van der Waals surface area contributed by atoms with Crippen LogP contribution in [-0.2, 0) is 32.2 Å². The fourth-order valence-electron chi connectivity index (χ4n) is 6.64. The number of amides is 2. The zero-order valence-electron chi connectivity index (χ0n) is 31.8. The fourth-order valence-corrected chi connectivity index (χ4v) is 7.56. The van der Waals surface area contributed by atoms with Gasteiger partial charge in [0.1, 0.15) is 0 Å². The normalized spacial score (nSPS) is 16.5. The highest BCUT2D eigenvalue weighted by Gasteiger charge is 2.32. The molecule has 0 aromatic heterocycles. The number of nitrogens with one attached hydrogen (secondary N) is 2. The van der Waals surface area contributed by atoms with Crippen molar-refractivity contribution in [2.75, 3.05) is 16.8 Å². The van der Waals surface area contributed by atoms with Gasteiger partial charge in [0.05, 0.1) is 35.8 Å². The molecule has 2 amide bonds. The zero-order valence-corrected chi connectivity index (χ0v) is 32.6. The topological polar surface area (TPSA) is 160 Å². The number of hydrogen-bond acceptors (Lipinski definition) is 8. The van der Waals surface area contributed by atoms with Gasteiger partial charge in [0.2, 0.25) is 11.8 Å². The summed E-state index contributed by atoms with van der Waals surface area (Å²) < 4.78 is 13.1. The molecule has 296 valence electrons. The number of carboxylic acid groups (broad SMARTS) is 1. The van der Waals surface area contributed by atoms with Crippen LogP contribution in [0.15, 0.2) is 126 Å². The third kappa shape index (κ3) is 12.3. The molecule has 3 atom stereocenters. The van der Waals surface area contributed by atoms with Gasteiger partial charge in [-0.3, -0.25) is 9.59 Å². The van der Waals surface area contributed by atoms with Crippen LogP contribution in [-0.4, -0.2) is 39.9 Å². The highest BCUT2D eigenvalue weighted by molar-refractivity contribution is 7.99. The van der Waals surface area contributed by atoms with E-state index in [9.17, 15) is 24.6 Å². The van der Waals surface area contributed by atoms with Crippen molar-refractivity contribution in [3.63, 3.8) is 0 Å². The fraction of sp³-hybridized carbons (Fsp3) is 0.283. The first kappa shape index (κ1) is 41.2. The molecule has 0 radical (unpaired) electrons. The summed E-state index contributed by atoms with van der Waals surface area (Å²) in [6.07, 6.45) is 3.80. The molecular weight excluding hydrogens is 739 g/mol. The Labute approximate surface area is 337 Å². The number of nitrogen functional groups attached to an aromatic ring is 1. The van der Waals surface area contributed by atoms with Crippen molar-refractivity contribution in [1.29, 1.82) is 0 Å². The Morgan fingerprint density at radius 1 is 0.719 bits per heavy atom. The second-order valence-electron chi connectivity index (χ2n) is 14.1. The molecule has 1 aliphatic heterocycles. The molecule has 0 saturated carbocycles. The Bertz CT molecular complexity index is 2090. The maximum absolute atomic E-state index is 12.6. The SMILES string of the molecule is Nc1ccccc1NC(=O)CCCCCCC(=O)NCc1cccc(-c2ccc([C@H]3O[C@@H](CSc4ccc(C(=O)O)cc4)C[C@@H](c4ccc(CO)cc4)O3)cc2)c1. The van der Waals surface area contributed by atoms with Crippen molar-refractivity contribution in [2.45, 2.75) is 81.5 Å². The summed E-state index contributed by atoms with van der Waals surface area (Å²) in [5.41, 5.74) is 13.1. The lowest BCUT2D eigenvalue weighted by molar-refractivity contribution is -0.245. The number of benzene rings is 5. The van der Waals surface area contributed by atoms with Crippen molar-refractivity contribution in [2.24, 2.45) is 0 Å². The quantitative estimate of drug-likeness (QED) is 0.0332. The minimum Gasteiger partial charge on any atom is -0.478 e. The van der Waals surface area contributed by atoms with E-state index in [-0.39, 0.29) is 36.2 Å². The lowest BCUT2D eigenvalue weighted by Gasteiger charge is -2.36. The van der Waals surface area contributed by atoms with Crippen molar-refractivity contribution in [3.8, 4) is 11.1 Å². The standard InChI is InChI=1S/C46H49N3O7S/c47-40-10-5-6-11-41(40)49-44(52)13-4-2-1-3-12-43(51)48-28-32-8-7-9-37(26-32)33-18-20-36(21-19-33)46-55-38(30-57-39-24-22-35(23-25-39)45(53)54)27-42(56-46)34-16-14-31(29-50)15-17-34/h5-11,14-26,38,42,46,50H,1-4,12-13,27-30,47H2,(H,48,51)(H,49,52)(H,53,54)/t38-,42+,46+/m1/s1. The van der Waals surface area contributed by atoms with E-state index in [1.165, 1.54) is 0 Å². The van der Waals surface area contributed by atoms with Crippen LogP contribution in [0.2, 0.25) is 0 Å². The Kier molecular flexibility index (Phi) is 14.9. The number of hydrogen-bond donors (Lipinski definition) is 5. The Balaban J connectivity index is 0.988. The summed E-state index contributed by atoms with van der Waals surface area (Å²) in [6, 6.07) is 38.1. The molecule has 11 heteroatoms. The second kappa shape index (κ2) is 20.6. The van der Waals surface area contributed by atoms with Crippen molar-refractivity contribution in [1.82, 2.24) is 5.32 Å². The van der Waals surface area contributed by atoms with Gasteiger partial charge in [-0.1, -0.05) is 91.7 Å². The van der Waals surface area contributed by atoms with Gasteiger partial charge in [-0.15, -0.1) is 11.8 Å². The molecule has 1 fully saturated rings. The van der Waals surface area contributed by atoms with Crippen LogP contribution in [0.25, 0.3) is 11.1 Å². The van der Waals surface area contributed by atoms with Crippen LogP contribution < -0.4 is 16.4 Å². The largest absolute Gasteiger partial charge is 0.478 e. The number of anilines is 2. The first-order valence-electron chi connectivity index (χ1n) is 19.3. The number of carboxylic acids is 1. The van der Waals surface area contributed by atoms with E-state index in [0.717, 1.165) is 64.0 Å². The number of rotatable bonds is 18. The smallest absolute Gasteiger partial charge is 0.335 e. The Morgan fingerprint density at radius 2 is 1.42 bits per heavy atom. The van der Waals surface area contributed by atoms with Crippen LogP contribution in [0.3, 0.4) is 0 Å². The molecule has 6 N–H and O–H groups in total. The van der Waals surface area contributed by atoms with E-state index in [1.807, 2.05) is 91.0 Å². The molecule has 0 spiro atoms. The first-order valence-corrected chi connectivity index (χ1v) is 20.3. The van der Waals surface area contributed by atoms with Gasteiger partial charge in [-0.2, -0.15) is 0 Å². The maximum atomic E-state index is 12.6. The first-order chi connectivity index (χ1) is 27.7. The summed E-state index contributed by atoms with van der Waals surface area (Å²) in [6.45, 7) is 0.403. The van der Waals surface area contributed by atoms with Gasteiger partial charge in [0, 0.05) is 42.0 Å². The molecule has 1 saturated heterocycles. The van der Waals surface area contributed by atoms with Gasteiger partial charge >= 0.3 is 5.97 Å². The van der Waals surface area contributed by atoms with E-state index in [1.54, 1.807) is 36.0 Å². The summed E-state index contributed by atoms with van der Waals surface area (Å²) in [4.78, 5) is 37.1. The number of thioether (sulfide) groups is 1. The van der Waals surface area contributed by atoms with E-state index >= 15 is 0 Å². The second-order valence-corrected chi connectivity index (χ2v) is 15.2. The summed E-state index contributed by atoms with van der Waals surface area (Å²) >= 11 is 1.61. The molecule has 5 aromatic carbocycles. The number of para-hydroxylation sites is 2. The van der Waals surface area contributed by atoms with Gasteiger partial charge in [-0.05, 0) is 83.1 Å². The Morgan fingerprint density at radius 3 is 2.12 bits per heavy atom. The molecule has 10 nitrogen and oxygen atoms in total. The molecule has 5 aromatic rings. The number of unbranched alkanes of at least 4 members (excludes halogenated alkanes) is 3. The monoisotopic (exact) mass is 787 g/mol. The molecule has 0 aliphatic carbocycles. The van der Waals surface area contributed by atoms with Crippen molar-refractivity contribution in [3.05, 3.63) is 149 Å².